The van der Waals surface area contributed by atoms with E-state index in [1.807, 2.05) is 49.3 Å². The number of rotatable bonds is 11. The fourth-order valence-corrected chi connectivity index (χ4v) is 4.16. The monoisotopic (exact) mass is 500 g/mol. The molecule has 9 nitrogen and oxygen atoms in total. The first-order chi connectivity index (χ1) is 17.2. The van der Waals surface area contributed by atoms with Crippen LogP contribution in [0.15, 0.2) is 36.4 Å². The van der Waals surface area contributed by atoms with Crippen molar-refractivity contribution >= 4 is 12.1 Å². The van der Waals surface area contributed by atoms with E-state index in [0.29, 0.717) is 49.0 Å². The van der Waals surface area contributed by atoms with E-state index in [4.69, 9.17) is 23.7 Å². The predicted molar refractivity (Wildman–Crippen MR) is 135 cm³/mol. The molecule has 0 radical (unpaired) electrons. The summed E-state index contributed by atoms with van der Waals surface area (Å²) in [4.78, 5) is 28.5. The number of nitrogens with zero attached hydrogens (tertiary/aromatic N) is 2. The number of carbonyl (C=O) groups excluding carboxylic acids is 2. The van der Waals surface area contributed by atoms with Gasteiger partial charge in [-0.2, -0.15) is 0 Å². The van der Waals surface area contributed by atoms with Gasteiger partial charge in [0.2, 0.25) is 0 Å². The molecule has 0 aliphatic carbocycles. The smallest absolute Gasteiger partial charge is 0.415 e. The molecule has 3 rings (SSSR count). The molecule has 9 heteroatoms. The number of hydrogen-bond acceptors (Lipinski definition) is 8. The van der Waals surface area contributed by atoms with Crippen LogP contribution in [0.1, 0.15) is 11.1 Å². The molecule has 36 heavy (non-hydrogen) atoms. The summed E-state index contributed by atoms with van der Waals surface area (Å²) in [6.07, 6.45) is 0.699. The van der Waals surface area contributed by atoms with Crippen molar-refractivity contribution in [3.05, 3.63) is 47.5 Å². The fourth-order valence-electron chi connectivity index (χ4n) is 4.16. The molecular weight excluding hydrogens is 464 g/mol. The maximum atomic E-state index is 12.6. The third-order valence-corrected chi connectivity index (χ3v) is 6.33. The Morgan fingerprint density at radius 2 is 1.44 bits per heavy atom. The number of likely N-dealkylation sites (N-methyl/N-ethyl adjacent to an activating group) is 2. The summed E-state index contributed by atoms with van der Waals surface area (Å²) >= 11 is 0. The molecule has 1 amide bonds. The molecule has 0 aromatic heterocycles. The molecule has 1 heterocycles. The second-order valence-corrected chi connectivity index (χ2v) is 9.17. The van der Waals surface area contributed by atoms with Gasteiger partial charge in [-0.05, 0) is 62.3 Å². The first-order valence-electron chi connectivity index (χ1n) is 11.9. The largest absolute Gasteiger partial charge is 0.493 e. The summed E-state index contributed by atoms with van der Waals surface area (Å²) in [7, 11) is 10.3. The molecule has 1 aliphatic rings. The van der Waals surface area contributed by atoms with Gasteiger partial charge in [-0.15, -0.1) is 0 Å². The van der Waals surface area contributed by atoms with Crippen LogP contribution >= 0.6 is 0 Å². The van der Waals surface area contributed by atoms with E-state index in [2.05, 4.69) is 0 Å². The number of hydrogen-bond donors (Lipinski definition) is 0. The Kier molecular flexibility index (Phi) is 9.41. The number of carbonyl (C=O) groups is 2. The highest BCUT2D eigenvalue weighted by Gasteiger charge is 2.37. The molecule has 2 aromatic carbocycles. The summed E-state index contributed by atoms with van der Waals surface area (Å²) in [5, 5.41) is 0. The summed E-state index contributed by atoms with van der Waals surface area (Å²) in [6, 6.07) is 11.1. The van der Waals surface area contributed by atoms with Crippen molar-refractivity contribution in [3.63, 3.8) is 0 Å². The summed E-state index contributed by atoms with van der Waals surface area (Å²) in [5.41, 5.74) is 1.94. The van der Waals surface area contributed by atoms with E-state index in [0.717, 1.165) is 17.7 Å². The quantitative estimate of drug-likeness (QED) is 0.435. The van der Waals surface area contributed by atoms with E-state index in [-0.39, 0.29) is 17.8 Å². The minimum Gasteiger partial charge on any atom is -0.493 e. The van der Waals surface area contributed by atoms with Gasteiger partial charge in [0.25, 0.3) is 0 Å². The molecule has 0 bridgehead atoms. The molecule has 0 N–H and O–H groups in total. The molecule has 2 unspecified atom stereocenters. The molecule has 196 valence electrons. The van der Waals surface area contributed by atoms with Crippen molar-refractivity contribution in [1.82, 2.24) is 9.80 Å². The Hall–Kier alpha value is -3.46. The van der Waals surface area contributed by atoms with Crippen LogP contribution in [0, 0.1) is 11.8 Å². The zero-order chi connectivity index (χ0) is 26.2. The molecule has 0 spiro atoms. The standard InChI is InChI=1S/C27H36N2O7/c1-28(2)11-12-29(3)27(31)36-23-10-8-19(16-25(23)34-6)14-21-20(17-35-26(21)30)13-18-7-9-22(32-4)24(15-18)33-5/h7-10,15-16,20-21H,11-14,17H2,1-6H3. The van der Waals surface area contributed by atoms with Gasteiger partial charge in [-0.25, -0.2) is 4.79 Å². The van der Waals surface area contributed by atoms with Crippen LogP contribution in [0.4, 0.5) is 4.79 Å². The normalized spacial score (nSPS) is 17.0. The predicted octanol–water partition coefficient (Wildman–Crippen LogP) is 3.28. The highest BCUT2D eigenvalue weighted by molar-refractivity contribution is 5.75. The highest BCUT2D eigenvalue weighted by atomic mass is 16.6. The average Bonchev–Trinajstić information content (AvgIpc) is 3.21. The Balaban J connectivity index is 1.69. The van der Waals surface area contributed by atoms with E-state index < -0.39 is 6.09 Å². The zero-order valence-corrected chi connectivity index (χ0v) is 21.9. The topological polar surface area (TPSA) is 86.8 Å². The minimum absolute atomic E-state index is 0.0180. The highest BCUT2D eigenvalue weighted by Crippen LogP contribution is 2.35. The van der Waals surface area contributed by atoms with Crippen LogP contribution in [0.5, 0.6) is 23.0 Å². The summed E-state index contributed by atoms with van der Waals surface area (Å²) < 4.78 is 27.2. The lowest BCUT2D eigenvalue weighted by Crippen LogP contribution is -2.35. The second-order valence-electron chi connectivity index (χ2n) is 9.17. The molecule has 0 saturated carbocycles. The van der Waals surface area contributed by atoms with E-state index in [1.165, 1.54) is 12.0 Å². The van der Waals surface area contributed by atoms with Crippen LogP contribution in [0.25, 0.3) is 0 Å². The Morgan fingerprint density at radius 1 is 0.861 bits per heavy atom. The van der Waals surface area contributed by atoms with Crippen LogP contribution in [0.3, 0.4) is 0 Å². The van der Waals surface area contributed by atoms with Gasteiger partial charge < -0.3 is 33.5 Å². The summed E-state index contributed by atoms with van der Waals surface area (Å²) in [5.74, 6) is 1.59. The molecule has 1 fully saturated rings. The Labute approximate surface area is 212 Å². The van der Waals surface area contributed by atoms with Gasteiger partial charge in [-0.3, -0.25) is 4.79 Å². The molecule has 2 aromatic rings. The number of amides is 1. The third kappa shape index (κ3) is 6.81. The van der Waals surface area contributed by atoms with Crippen LogP contribution in [-0.2, 0) is 22.4 Å². The van der Waals surface area contributed by atoms with Gasteiger partial charge in [0, 0.05) is 26.1 Å². The van der Waals surface area contributed by atoms with Crippen LogP contribution in [-0.4, -0.2) is 84.0 Å². The third-order valence-electron chi connectivity index (χ3n) is 6.33. The number of methoxy groups -OCH3 is 3. The number of cyclic esters (lactones) is 1. The van der Waals surface area contributed by atoms with E-state index in [1.54, 1.807) is 27.3 Å². The first-order valence-corrected chi connectivity index (χ1v) is 11.9. The van der Waals surface area contributed by atoms with Gasteiger partial charge in [0.1, 0.15) is 0 Å². The minimum atomic E-state index is -0.461. The van der Waals surface area contributed by atoms with E-state index in [9.17, 15) is 9.59 Å². The maximum absolute atomic E-state index is 12.6. The van der Waals surface area contributed by atoms with Crippen molar-refractivity contribution in [2.24, 2.45) is 11.8 Å². The van der Waals surface area contributed by atoms with Gasteiger partial charge in [-0.1, -0.05) is 12.1 Å². The van der Waals surface area contributed by atoms with Crippen molar-refractivity contribution in [3.8, 4) is 23.0 Å². The SMILES string of the molecule is COc1ccc(CC2COC(=O)C2Cc2ccc(OC(=O)N(C)CCN(C)C)c(OC)c2)cc1OC. The van der Waals surface area contributed by atoms with Crippen molar-refractivity contribution in [2.45, 2.75) is 12.8 Å². The van der Waals surface area contributed by atoms with Crippen LogP contribution in [0.2, 0.25) is 0 Å². The molecular formula is C27H36N2O7. The van der Waals surface area contributed by atoms with Gasteiger partial charge in [0.15, 0.2) is 23.0 Å². The molecule has 1 aliphatic heterocycles. The van der Waals surface area contributed by atoms with E-state index >= 15 is 0 Å². The number of esters is 1. The summed E-state index contributed by atoms with van der Waals surface area (Å²) in [6.45, 7) is 1.63. The van der Waals surface area contributed by atoms with Crippen molar-refractivity contribution < 1.29 is 33.3 Å². The lowest BCUT2D eigenvalue weighted by atomic mass is 9.85. The average molecular weight is 501 g/mol. The molecule has 1 saturated heterocycles. The maximum Gasteiger partial charge on any atom is 0.415 e. The second kappa shape index (κ2) is 12.5. The first kappa shape index (κ1) is 27.1. The van der Waals surface area contributed by atoms with Gasteiger partial charge in [0.05, 0.1) is 33.9 Å². The van der Waals surface area contributed by atoms with Crippen LogP contribution < -0.4 is 18.9 Å². The van der Waals surface area contributed by atoms with Crippen molar-refractivity contribution in [1.29, 1.82) is 0 Å². The van der Waals surface area contributed by atoms with Gasteiger partial charge >= 0.3 is 12.1 Å². The lowest BCUT2D eigenvalue weighted by Gasteiger charge is -2.20. The fraction of sp³-hybridized carbons (Fsp3) is 0.481. The number of ether oxygens (including phenoxy) is 5. The zero-order valence-electron chi connectivity index (χ0n) is 21.9. The number of benzene rings is 2. The van der Waals surface area contributed by atoms with Crippen molar-refractivity contribution in [2.75, 3.05) is 62.2 Å². The molecule has 2 atom stereocenters. The Morgan fingerprint density at radius 3 is 2.06 bits per heavy atom. The Bertz CT molecular complexity index is 1060. The lowest BCUT2D eigenvalue weighted by molar-refractivity contribution is -0.141.